The molecule has 5 atom stereocenters. The van der Waals surface area contributed by atoms with Gasteiger partial charge in [-0.2, -0.15) is 0 Å². The molecule has 0 aliphatic rings. The second kappa shape index (κ2) is 71.7. The van der Waals surface area contributed by atoms with Crippen LogP contribution in [0.5, 0.6) is 0 Å². The molecular formula is C80H156O17P2. The van der Waals surface area contributed by atoms with Gasteiger partial charge in [-0.25, -0.2) is 9.13 Å². The zero-order valence-electron chi connectivity index (χ0n) is 64.8. The Morgan fingerprint density at radius 3 is 0.687 bits per heavy atom. The molecule has 3 N–H and O–H groups in total. The lowest BCUT2D eigenvalue weighted by Crippen LogP contribution is -2.30. The Labute approximate surface area is 607 Å². The van der Waals surface area contributed by atoms with Crippen LogP contribution in [0.2, 0.25) is 0 Å². The average Bonchev–Trinajstić information content (AvgIpc) is 1.12. The summed E-state index contributed by atoms with van der Waals surface area (Å²) >= 11 is 0. The lowest BCUT2D eigenvalue weighted by molar-refractivity contribution is -0.161. The van der Waals surface area contributed by atoms with Crippen molar-refractivity contribution < 1.29 is 80.2 Å². The molecule has 0 aliphatic heterocycles. The number of esters is 4. The molecule has 0 bridgehead atoms. The first kappa shape index (κ1) is 97.1. The SMILES string of the molecule is CCCCCCCCCCCCCCCCCCCCCCCC(=O)O[C@H](COC(=O)CCCCCCCCCCCCCC(C)C)COP(=O)(O)OC[C@@H](O)COP(=O)(O)OC[C@@H](COC(=O)CCCCCCCCCCCC)OC(=O)CCCCCCCCCCCCCC(C)C. The second-order valence-corrected chi connectivity index (χ2v) is 32.7. The number of hydrogen-bond donors (Lipinski definition) is 3. The van der Waals surface area contributed by atoms with Crippen LogP contribution in [-0.4, -0.2) is 96.7 Å². The highest BCUT2D eigenvalue weighted by Gasteiger charge is 2.30. The van der Waals surface area contributed by atoms with Crippen LogP contribution in [0.15, 0.2) is 0 Å². The molecule has 0 aliphatic carbocycles. The molecule has 19 heteroatoms. The smallest absolute Gasteiger partial charge is 0.462 e. The minimum atomic E-state index is -4.96. The number of phosphoric ester groups is 2. The van der Waals surface area contributed by atoms with Crippen LogP contribution < -0.4 is 0 Å². The molecule has 0 aromatic carbocycles. The van der Waals surface area contributed by atoms with Crippen molar-refractivity contribution in [2.45, 2.75) is 439 Å². The van der Waals surface area contributed by atoms with Crippen LogP contribution in [0.1, 0.15) is 420 Å². The molecule has 0 rings (SSSR count). The van der Waals surface area contributed by atoms with Crippen molar-refractivity contribution in [2.75, 3.05) is 39.6 Å². The number of hydrogen-bond acceptors (Lipinski definition) is 15. The number of aliphatic hydroxyl groups excluding tert-OH is 1. The molecule has 0 spiro atoms. The lowest BCUT2D eigenvalue weighted by atomic mass is 10.0. The second-order valence-electron chi connectivity index (χ2n) is 29.8. The summed E-state index contributed by atoms with van der Waals surface area (Å²) in [5.74, 6) is -0.574. The predicted molar refractivity (Wildman–Crippen MR) is 405 cm³/mol. The Hall–Kier alpha value is -1.94. The van der Waals surface area contributed by atoms with Gasteiger partial charge in [-0.1, -0.05) is 369 Å². The molecule has 0 saturated heterocycles. The monoisotopic (exact) mass is 1450 g/mol. The largest absolute Gasteiger partial charge is 0.472 e. The first-order valence-corrected chi connectivity index (χ1v) is 44.5. The van der Waals surface area contributed by atoms with Gasteiger partial charge in [-0.15, -0.1) is 0 Å². The van der Waals surface area contributed by atoms with E-state index in [-0.39, 0.29) is 25.7 Å². The number of carbonyl (C=O) groups excluding carboxylic acids is 4. The summed E-state index contributed by atoms with van der Waals surface area (Å²) in [6.07, 6.45) is 61.1. The van der Waals surface area contributed by atoms with Gasteiger partial charge in [-0.3, -0.25) is 37.3 Å². The molecule has 17 nitrogen and oxygen atoms in total. The van der Waals surface area contributed by atoms with Gasteiger partial charge < -0.3 is 33.8 Å². The van der Waals surface area contributed by atoms with E-state index in [1.807, 2.05) is 0 Å². The number of phosphoric acid groups is 2. The molecule has 99 heavy (non-hydrogen) atoms. The minimum Gasteiger partial charge on any atom is -0.462 e. The number of carbonyl (C=O) groups is 4. The Morgan fingerprint density at radius 1 is 0.273 bits per heavy atom. The number of aliphatic hydroxyl groups is 1. The maximum absolute atomic E-state index is 13.1. The van der Waals surface area contributed by atoms with Gasteiger partial charge in [0.05, 0.1) is 26.4 Å². The molecule has 2 unspecified atom stereocenters. The Morgan fingerprint density at radius 2 is 0.465 bits per heavy atom. The first-order chi connectivity index (χ1) is 47.9. The molecule has 0 amide bonds. The van der Waals surface area contributed by atoms with Crippen molar-refractivity contribution in [1.29, 1.82) is 0 Å². The highest BCUT2D eigenvalue weighted by molar-refractivity contribution is 7.47. The number of unbranched alkanes of at least 4 members (excludes halogenated alkanes) is 49. The molecule has 0 aromatic heterocycles. The highest BCUT2D eigenvalue weighted by Crippen LogP contribution is 2.45. The lowest BCUT2D eigenvalue weighted by Gasteiger charge is -2.21. The van der Waals surface area contributed by atoms with E-state index in [0.29, 0.717) is 25.7 Å². The van der Waals surface area contributed by atoms with E-state index in [9.17, 15) is 43.2 Å². The van der Waals surface area contributed by atoms with Crippen LogP contribution in [0, 0.1) is 11.8 Å². The quantitative estimate of drug-likeness (QED) is 0.0222. The van der Waals surface area contributed by atoms with Gasteiger partial charge in [0, 0.05) is 25.7 Å². The van der Waals surface area contributed by atoms with E-state index < -0.39 is 97.5 Å². The van der Waals surface area contributed by atoms with Crippen LogP contribution in [0.3, 0.4) is 0 Å². The molecular weight excluding hydrogens is 1290 g/mol. The zero-order chi connectivity index (χ0) is 72.8. The summed E-state index contributed by atoms with van der Waals surface area (Å²) < 4.78 is 68.7. The predicted octanol–water partition coefficient (Wildman–Crippen LogP) is 23.9. The van der Waals surface area contributed by atoms with Crippen molar-refractivity contribution in [3.63, 3.8) is 0 Å². The van der Waals surface area contributed by atoms with E-state index in [0.717, 1.165) is 102 Å². The normalized spacial score (nSPS) is 13.9. The summed E-state index contributed by atoms with van der Waals surface area (Å²) in [4.78, 5) is 72.9. The van der Waals surface area contributed by atoms with E-state index in [2.05, 4.69) is 41.5 Å². The highest BCUT2D eigenvalue weighted by atomic mass is 31.2. The van der Waals surface area contributed by atoms with Crippen molar-refractivity contribution in [3.05, 3.63) is 0 Å². The fourth-order valence-electron chi connectivity index (χ4n) is 12.4. The van der Waals surface area contributed by atoms with Crippen molar-refractivity contribution >= 4 is 39.5 Å². The van der Waals surface area contributed by atoms with Gasteiger partial charge in [0.15, 0.2) is 12.2 Å². The van der Waals surface area contributed by atoms with E-state index in [1.54, 1.807) is 0 Å². The fraction of sp³-hybridized carbons (Fsp3) is 0.950. The third-order valence-electron chi connectivity index (χ3n) is 18.7. The summed E-state index contributed by atoms with van der Waals surface area (Å²) in [6, 6.07) is 0. The van der Waals surface area contributed by atoms with Crippen LogP contribution >= 0.6 is 15.6 Å². The molecule has 0 aromatic rings. The molecule has 0 heterocycles. The third-order valence-corrected chi connectivity index (χ3v) is 20.6. The van der Waals surface area contributed by atoms with Crippen molar-refractivity contribution in [3.8, 4) is 0 Å². The Bertz CT molecular complexity index is 1910. The van der Waals surface area contributed by atoms with Gasteiger partial charge >= 0.3 is 39.5 Å². The minimum absolute atomic E-state index is 0.107. The van der Waals surface area contributed by atoms with Crippen molar-refractivity contribution in [1.82, 2.24) is 0 Å². The Balaban J connectivity index is 5.21. The summed E-state index contributed by atoms with van der Waals surface area (Å²) in [5.41, 5.74) is 0. The van der Waals surface area contributed by atoms with Gasteiger partial charge in [0.2, 0.25) is 0 Å². The van der Waals surface area contributed by atoms with Crippen molar-refractivity contribution in [2.24, 2.45) is 11.8 Å². The van der Waals surface area contributed by atoms with E-state index in [4.69, 9.17) is 37.0 Å². The summed E-state index contributed by atoms with van der Waals surface area (Å²) in [5, 5.41) is 10.6. The average molecular weight is 1450 g/mol. The summed E-state index contributed by atoms with van der Waals surface area (Å²) in [7, 11) is -9.92. The fourth-order valence-corrected chi connectivity index (χ4v) is 13.9. The van der Waals surface area contributed by atoms with E-state index in [1.165, 1.54) is 238 Å². The first-order valence-electron chi connectivity index (χ1n) is 41.5. The summed E-state index contributed by atoms with van der Waals surface area (Å²) in [6.45, 7) is 9.62. The maximum Gasteiger partial charge on any atom is 0.472 e. The molecule has 0 fully saturated rings. The Kier molecular flexibility index (Phi) is 70.3. The maximum atomic E-state index is 13.1. The zero-order valence-corrected chi connectivity index (χ0v) is 66.6. The van der Waals surface area contributed by atoms with E-state index >= 15 is 0 Å². The molecule has 588 valence electrons. The third kappa shape index (κ3) is 74.1. The van der Waals surface area contributed by atoms with Gasteiger partial charge in [0.25, 0.3) is 0 Å². The standard InChI is InChI=1S/C80H156O17P2/c1-7-9-11-13-15-17-19-20-21-22-23-24-25-26-27-28-33-40-46-52-58-64-79(84)96-76(69-91-78(83)63-57-51-45-39-34-29-31-36-42-48-54-60-72(3)4)71-95-99(88,89)93-67-74(81)66-92-98(86,87)94-70-75(68-90-77(82)62-56-50-44-38-18-16-14-12-10-8-2)97-80(85)65-59-53-47-41-35-30-32-37-43-49-55-61-73(5)6/h72-76,81H,7-71H2,1-6H3,(H,86,87)(H,88,89)/t74-,75+,76+/m0/s1. The van der Waals surface area contributed by atoms with Crippen LogP contribution in [0.4, 0.5) is 0 Å². The molecule has 0 saturated carbocycles. The topological polar surface area (TPSA) is 237 Å². The number of ether oxygens (including phenoxy) is 4. The number of rotatable bonds is 79. The van der Waals surface area contributed by atoms with Crippen LogP contribution in [0.25, 0.3) is 0 Å². The van der Waals surface area contributed by atoms with Gasteiger partial charge in [0.1, 0.15) is 19.3 Å². The van der Waals surface area contributed by atoms with Crippen LogP contribution in [-0.2, 0) is 65.4 Å². The molecule has 0 radical (unpaired) electrons. The van der Waals surface area contributed by atoms with Gasteiger partial charge in [-0.05, 0) is 37.5 Å².